The molecule has 0 aliphatic rings. The fourth-order valence-corrected chi connectivity index (χ4v) is 2.43. The lowest BCUT2D eigenvalue weighted by Crippen LogP contribution is -2.20. The van der Waals surface area contributed by atoms with E-state index >= 15 is 0 Å². The Balaban J connectivity index is 2.24. The first-order chi connectivity index (χ1) is 9.65. The molecule has 1 N–H and O–H groups in total. The first-order valence-electron chi connectivity index (χ1n) is 6.21. The minimum Gasteiger partial charge on any atom is -0.507 e. The van der Waals surface area contributed by atoms with Gasteiger partial charge in [-0.2, -0.15) is 0 Å². The highest BCUT2D eigenvalue weighted by Gasteiger charge is 2.09. The number of hydrogen-bond donors (Lipinski definition) is 1. The highest BCUT2D eigenvalue weighted by Crippen LogP contribution is 2.25. The van der Waals surface area contributed by atoms with Gasteiger partial charge >= 0.3 is 0 Å². The molecule has 0 bridgehead atoms. The fraction of sp³-hybridized carbons (Fsp3) is 0.0625. The van der Waals surface area contributed by atoms with Gasteiger partial charge in [-0.25, -0.2) is 0 Å². The van der Waals surface area contributed by atoms with Gasteiger partial charge in [0, 0.05) is 16.5 Å². The fourth-order valence-electron chi connectivity index (χ4n) is 2.27. The molecule has 100 valence electrons. The van der Waals surface area contributed by atoms with Crippen molar-refractivity contribution < 1.29 is 5.11 Å². The average molecular weight is 286 g/mol. The van der Waals surface area contributed by atoms with Crippen LogP contribution in [0.3, 0.4) is 0 Å². The first-order valence-corrected chi connectivity index (χ1v) is 6.59. The summed E-state index contributed by atoms with van der Waals surface area (Å²) in [7, 11) is 0. The molecule has 0 unspecified atom stereocenters. The smallest absolute Gasteiger partial charge is 0.255 e. The van der Waals surface area contributed by atoms with E-state index in [2.05, 4.69) is 0 Å². The van der Waals surface area contributed by atoms with E-state index in [4.69, 9.17) is 11.6 Å². The zero-order chi connectivity index (χ0) is 14.1. The highest BCUT2D eigenvalue weighted by molar-refractivity contribution is 6.31. The Labute approximate surface area is 120 Å². The van der Waals surface area contributed by atoms with Crippen LogP contribution in [0.1, 0.15) is 5.56 Å². The second-order valence-electron chi connectivity index (χ2n) is 4.60. The number of nitrogens with zero attached hydrogens (tertiary/aromatic N) is 1. The van der Waals surface area contributed by atoms with E-state index in [9.17, 15) is 9.90 Å². The molecular formula is C16H12ClNO2. The summed E-state index contributed by atoms with van der Waals surface area (Å²) in [5.74, 6) is -0.0222. The van der Waals surface area contributed by atoms with Gasteiger partial charge in [-0.05, 0) is 23.8 Å². The van der Waals surface area contributed by atoms with Crippen LogP contribution in [0.25, 0.3) is 10.9 Å². The molecule has 2 aromatic carbocycles. The van der Waals surface area contributed by atoms with Crippen molar-refractivity contribution in [1.29, 1.82) is 0 Å². The maximum atomic E-state index is 12.1. The molecule has 3 aromatic rings. The van der Waals surface area contributed by atoms with Gasteiger partial charge in [0.25, 0.3) is 5.56 Å². The number of halogens is 1. The van der Waals surface area contributed by atoms with Gasteiger partial charge in [-0.3, -0.25) is 4.79 Å². The van der Waals surface area contributed by atoms with E-state index in [1.165, 1.54) is 6.07 Å². The molecule has 3 nitrogen and oxygen atoms in total. The van der Waals surface area contributed by atoms with E-state index in [-0.39, 0.29) is 11.3 Å². The summed E-state index contributed by atoms with van der Waals surface area (Å²) < 4.78 is 1.61. The highest BCUT2D eigenvalue weighted by atomic mass is 35.5. The number of benzene rings is 2. The van der Waals surface area contributed by atoms with Gasteiger partial charge in [-0.1, -0.05) is 41.9 Å². The van der Waals surface area contributed by atoms with Crippen LogP contribution in [-0.2, 0) is 6.54 Å². The lowest BCUT2D eigenvalue weighted by Gasteiger charge is -2.11. The van der Waals surface area contributed by atoms with Crippen LogP contribution < -0.4 is 5.56 Å². The zero-order valence-electron chi connectivity index (χ0n) is 10.6. The monoisotopic (exact) mass is 285 g/mol. The molecule has 0 aliphatic heterocycles. The topological polar surface area (TPSA) is 42.2 Å². The summed E-state index contributed by atoms with van der Waals surface area (Å²) in [6.07, 6.45) is 0. The number of rotatable bonds is 2. The number of aromatic nitrogens is 1. The van der Waals surface area contributed by atoms with Crippen LogP contribution in [0.15, 0.2) is 59.4 Å². The Hall–Kier alpha value is -2.26. The van der Waals surface area contributed by atoms with Crippen LogP contribution in [0.5, 0.6) is 5.75 Å². The minimum atomic E-state index is -0.249. The molecule has 3 rings (SSSR count). The van der Waals surface area contributed by atoms with Crippen molar-refractivity contribution in [2.75, 3.05) is 0 Å². The quantitative estimate of drug-likeness (QED) is 0.784. The predicted molar refractivity (Wildman–Crippen MR) is 80.4 cm³/mol. The first kappa shape index (κ1) is 12.8. The summed E-state index contributed by atoms with van der Waals surface area (Å²) in [6, 6.07) is 16.0. The predicted octanol–water partition coefficient (Wildman–Crippen LogP) is 3.41. The molecule has 0 amide bonds. The summed E-state index contributed by atoms with van der Waals surface area (Å²) in [4.78, 5) is 12.1. The largest absolute Gasteiger partial charge is 0.507 e. The molecule has 1 aromatic heterocycles. The lowest BCUT2D eigenvalue weighted by molar-refractivity contribution is 0.479. The molecule has 0 saturated heterocycles. The summed E-state index contributed by atoms with van der Waals surface area (Å²) in [5, 5.41) is 11.0. The summed E-state index contributed by atoms with van der Waals surface area (Å²) in [6.45, 7) is 0.441. The number of aromatic hydroxyl groups is 1. The molecule has 0 fully saturated rings. The van der Waals surface area contributed by atoms with E-state index in [0.717, 1.165) is 5.56 Å². The molecule has 4 heteroatoms. The van der Waals surface area contributed by atoms with Gasteiger partial charge in [0.2, 0.25) is 0 Å². The minimum absolute atomic E-state index is 0.0222. The van der Waals surface area contributed by atoms with Gasteiger partial charge in [0.05, 0.1) is 12.1 Å². The maximum Gasteiger partial charge on any atom is 0.255 e. The Morgan fingerprint density at radius 1 is 1.05 bits per heavy atom. The van der Waals surface area contributed by atoms with E-state index in [1.807, 2.05) is 30.3 Å². The molecular weight excluding hydrogens is 274 g/mol. The third kappa shape index (κ3) is 2.28. The van der Waals surface area contributed by atoms with Crippen molar-refractivity contribution in [2.24, 2.45) is 0 Å². The van der Waals surface area contributed by atoms with Crippen molar-refractivity contribution in [3.63, 3.8) is 0 Å². The molecule has 0 aliphatic carbocycles. The maximum absolute atomic E-state index is 12.1. The van der Waals surface area contributed by atoms with E-state index < -0.39 is 0 Å². The molecule has 0 atom stereocenters. The Morgan fingerprint density at radius 2 is 1.80 bits per heavy atom. The van der Waals surface area contributed by atoms with Crippen molar-refractivity contribution in [3.05, 3.63) is 75.5 Å². The van der Waals surface area contributed by atoms with Gasteiger partial charge in [-0.15, -0.1) is 0 Å². The van der Waals surface area contributed by atoms with Crippen LogP contribution in [0.2, 0.25) is 5.02 Å². The number of fused-ring (bicyclic) bond motifs is 1. The SMILES string of the molecule is O=c1cc(O)c2ccc(Cl)cc2n1Cc1ccccc1. The van der Waals surface area contributed by atoms with Crippen LogP contribution in [-0.4, -0.2) is 9.67 Å². The molecule has 0 radical (unpaired) electrons. The van der Waals surface area contributed by atoms with Crippen molar-refractivity contribution >= 4 is 22.5 Å². The summed E-state index contributed by atoms with van der Waals surface area (Å²) >= 11 is 6.00. The second-order valence-corrected chi connectivity index (χ2v) is 5.04. The Kier molecular flexibility index (Phi) is 3.20. The van der Waals surface area contributed by atoms with Crippen LogP contribution in [0.4, 0.5) is 0 Å². The third-order valence-electron chi connectivity index (χ3n) is 3.24. The standard InChI is InChI=1S/C16H12ClNO2/c17-12-6-7-13-14(8-12)18(16(20)9-15(13)19)10-11-4-2-1-3-5-11/h1-9,19H,10H2. The normalized spacial score (nSPS) is 10.8. The van der Waals surface area contributed by atoms with Crippen LogP contribution in [0, 0.1) is 0 Å². The van der Waals surface area contributed by atoms with Gasteiger partial charge in [0.15, 0.2) is 0 Å². The van der Waals surface area contributed by atoms with Gasteiger partial charge < -0.3 is 9.67 Å². The van der Waals surface area contributed by atoms with Gasteiger partial charge in [0.1, 0.15) is 5.75 Å². The summed E-state index contributed by atoms with van der Waals surface area (Å²) in [5.41, 5.74) is 1.40. The molecule has 0 spiro atoms. The van der Waals surface area contributed by atoms with Crippen molar-refractivity contribution in [1.82, 2.24) is 4.57 Å². The van der Waals surface area contributed by atoms with Crippen molar-refractivity contribution in [3.8, 4) is 5.75 Å². The Bertz CT molecular complexity index is 825. The number of pyridine rings is 1. The van der Waals surface area contributed by atoms with Crippen LogP contribution >= 0.6 is 11.6 Å². The number of hydrogen-bond acceptors (Lipinski definition) is 2. The average Bonchev–Trinajstić information content (AvgIpc) is 2.44. The molecule has 20 heavy (non-hydrogen) atoms. The zero-order valence-corrected chi connectivity index (χ0v) is 11.3. The second kappa shape index (κ2) is 5.02. The van der Waals surface area contributed by atoms with E-state index in [1.54, 1.807) is 22.8 Å². The third-order valence-corrected chi connectivity index (χ3v) is 3.47. The van der Waals surface area contributed by atoms with E-state index in [0.29, 0.717) is 22.5 Å². The molecule has 0 saturated carbocycles. The lowest BCUT2D eigenvalue weighted by atomic mass is 10.1. The van der Waals surface area contributed by atoms with Crippen molar-refractivity contribution in [2.45, 2.75) is 6.54 Å². The Morgan fingerprint density at radius 3 is 2.55 bits per heavy atom. The molecule has 1 heterocycles.